The molecular weight excluding hydrogens is 279 g/mol. The van der Waals surface area contributed by atoms with E-state index in [-0.39, 0.29) is 5.82 Å². The van der Waals surface area contributed by atoms with E-state index in [9.17, 15) is 4.39 Å². The topological polar surface area (TPSA) is 47.3 Å². The zero-order chi connectivity index (χ0) is 14.5. The quantitative estimate of drug-likeness (QED) is 0.656. The summed E-state index contributed by atoms with van der Waals surface area (Å²) in [4.78, 5) is 0. The third kappa shape index (κ3) is 3.28. The molecule has 2 aromatic rings. The Morgan fingerprint density at radius 3 is 2.80 bits per heavy atom. The molecule has 0 fully saturated rings. The minimum Gasteiger partial charge on any atom is -0.494 e. The van der Waals surface area contributed by atoms with Gasteiger partial charge in [-0.05, 0) is 48.4 Å². The van der Waals surface area contributed by atoms with Crippen LogP contribution in [0.3, 0.4) is 0 Å². The van der Waals surface area contributed by atoms with Crippen LogP contribution < -0.4 is 16.0 Å². The van der Waals surface area contributed by atoms with E-state index in [1.807, 2.05) is 31.2 Å². The van der Waals surface area contributed by atoms with E-state index in [0.717, 1.165) is 11.3 Å². The van der Waals surface area contributed by atoms with Crippen molar-refractivity contribution in [3.8, 4) is 5.75 Å². The van der Waals surface area contributed by atoms with Crippen LogP contribution in [0.2, 0.25) is 5.02 Å². The summed E-state index contributed by atoms with van der Waals surface area (Å²) in [6, 6.07) is 11.3. The molecule has 0 amide bonds. The Labute approximate surface area is 122 Å². The first-order valence-electron chi connectivity index (χ1n) is 6.29. The molecule has 0 radical (unpaired) electrons. The van der Waals surface area contributed by atoms with Gasteiger partial charge in [0.2, 0.25) is 0 Å². The van der Waals surface area contributed by atoms with Crippen molar-refractivity contribution < 1.29 is 9.13 Å². The van der Waals surface area contributed by atoms with Gasteiger partial charge in [0.05, 0.1) is 12.6 Å². The highest BCUT2D eigenvalue weighted by atomic mass is 35.5. The van der Waals surface area contributed by atoms with E-state index in [4.69, 9.17) is 22.2 Å². The van der Waals surface area contributed by atoms with Crippen LogP contribution in [-0.2, 0) is 0 Å². The van der Waals surface area contributed by atoms with Crippen LogP contribution in [0, 0.1) is 5.82 Å². The second-order valence-electron chi connectivity index (χ2n) is 4.27. The van der Waals surface area contributed by atoms with E-state index in [1.54, 1.807) is 0 Å². The normalized spacial score (nSPS) is 12.2. The zero-order valence-electron chi connectivity index (χ0n) is 11.1. The number of nitrogens with two attached hydrogens (primary N) is 1. The molecule has 0 saturated heterocycles. The molecule has 0 aliphatic heterocycles. The molecule has 2 rings (SSSR count). The third-order valence-electron chi connectivity index (χ3n) is 2.94. The fraction of sp³-hybridized carbons (Fsp3) is 0.200. The van der Waals surface area contributed by atoms with Gasteiger partial charge < -0.3 is 4.74 Å². The van der Waals surface area contributed by atoms with Crippen molar-refractivity contribution in [2.45, 2.75) is 13.0 Å². The molecule has 0 spiro atoms. The number of halogens is 2. The minimum atomic E-state index is -0.404. The van der Waals surface area contributed by atoms with Crippen molar-refractivity contribution in [3.05, 3.63) is 64.4 Å². The average molecular weight is 295 g/mol. The van der Waals surface area contributed by atoms with Crippen LogP contribution >= 0.6 is 11.6 Å². The van der Waals surface area contributed by atoms with Crippen molar-refractivity contribution in [1.29, 1.82) is 0 Å². The lowest BCUT2D eigenvalue weighted by atomic mass is 9.99. The van der Waals surface area contributed by atoms with Crippen LogP contribution in [-0.4, -0.2) is 6.61 Å². The van der Waals surface area contributed by atoms with Crippen molar-refractivity contribution in [1.82, 2.24) is 5.43 Å². The average Bonchev–Trinajstić information content (AvgIpc) is 2.44. The summed E-state index contributed by atoms with van der Waals surface area (Å²) in [6.07, 6.45) is 0. The third-order valence-corrected chi connectivity index (χ3v) is 3.28. The molecule has 20 heavy (non-hydrogen) atoms. The van der Waals surface area contributed by atoms with Gasteiger partial charge in [0.1, 0.15) is 11.6 Å². The van der Waals surface area contributed by atoms with Crippen molar-refractivity contribution in [3.63, 3.8) is 0 Å². The predicted molar refractivity (Wildman–Crippen MR) is 78.2 cm³/mol. The highest BCUT2D eigenvalue weighted by molar-refractivity contribution is 6.31. The van der Waals surface area contributed by atoms with Gasteiger partial charge in [-0.2, -0.15) is 0 Å². The van der Waals surface area contributed by atoms with Crippen LogP contribution in [0.4, 0.5) is 4.39 Å². The van der Waals surface area contributed by atoms with Crippen LogP contribution in [0.25, 0.3) is 0 Å². The second kappa shape index (κ2) is 6.70. The van der Waals surface area contributed by atoms with Gasteiger partial charge in [-0.1, -0.05) is 23.7 Å². The standard InChI is InChI=1S/C15H16ClFN2O/c1-2-20-12-5-3-4-10(8-12)15(19-18)13-9-11(17)6-7-14(13)16/h3-9,15,19H,2,18H2,1H3. The Bertz CT molecular complexity index is 592. The molecule has 0 aliphatic carbocycles. The summed E-state index contributed by atoms with van der Waals surface area (Å²) in [5.41, 5.74) is 4.10. The van der Waals surface area contributed by atoms with Crippen LogP contribution in [0.15, 0.2) is 42.5 Å². The Morgan fingerprint density at radius 2 is 2.10 bits per heavy atom. The van der Waals surface area contributed by atoms with E-state index < -0.39 is 6.04 Å². The van der Waals surface area contributed by atoms with E-state index >= 15 is 0 Å². The van der Waals surface area contributed by atoms with Gasteiger partial charge in [-0.25, -0.2) is 9.82 Å². The summed E-state index contributed by atoms with van der Waals surface area (Å²) in [5, 5.41) is 0.455. The summed E-state index contributed by atoms with van der Waals surface area (Å²) in [7, 11) is 0. The summed E-state index contributed by atoms with van der Waals surface area (Å²) >= 11 is 6.13. The first-order valence-corrected chi connectivity index (χ1v) is 6.67. The van der Waals surface area contributed by atoms with E-state index in [2.05, 4.69) is 5.43 Å². The number of benzene rings is 2. The maximum atomic E-state index is 13.4. The molecule has 3 N–H and O–H groups in total. The molecule has 1 atom stereocenters. The maximum Gasteiger partial charge on any atom is 0.123 e. The van der Waals surface area contributed by atoms with E-state index in [1.165, 1.54) is 18.2 Å². The maximum absolute atomic E-state index is 13.4. The molecule has 0 aromatic heterocycles. The molecule has 0 heterocycles. The number of ether oxygens (including phenoxy) is 1. The van der Waals surface area contributed by atoms with Gasteiger partial charge in [-0.3, -0.25) is 5.84 Å². The molecule has 2 aromatic carbocycles. The number of hydrogen-bond donors (Lipinski definition) is 2. The number of nitrogens with one attached hydrogen (secondary N) is 1. The SMILES string of the molecule is CCOc1cccc(C(NN)c2cc(F)ccc2Cl)c1. The van der Waals surface area contributed by atoms with Crippen LogP contribution in [0.5, 0.6) is 5.75 Å². The van der Waals surface area contributed by atoms with Gasteiger partial charge >= 0.3 is 0 Å². The summed E-state index contributed by atoms with van der Waals surface area (Å²) in [6.45, 7) is 2.49. The van der Waals surface area contributed by atoms with Gasteiger partial charge in [0, 0.05) is 5.02 Å². The summed E-state index contributed by atoms with van der Waals surface area (Å²) < 4.78 is 18.9. The van der Waals surface area contributed by atoms with Crippen molar-refractivity contribution in [2.75, 3.05) is 6.61 Å². The van der Waals surface area contributed by atoms with Crippen molar-refractivity contribution in [2.24, 2.45) is 5.84 Å². The zero-order valence-corrected chi connectivity index (χ0v) is 11.8. The highest BCUT2D eigenvalue weighted by Gasteiger charge is 2.17. The Balaban J connectivity index is 2.41. The lowest BCUT2D eigenvalue weighted by Crippen LogP contribution is -2.29. The molecule has 0 saturated carbocycles. The Morgan fingerprint density at radius 1 is 1.30 bits per heavy atom. The first kappa shape index (κ1) is 14.8. The predicted octanol–water partition coefficient (Wildman–Crippen LogP) is 3.43. The molecule has 0 bridgehead atoms. The molecule has 106 valence electrons. The second-order valence-corrected chi connectivity index (χ2v) is 4.68. The molecule has 5 heteroatoms. The fourth-order valence-corrected chi connectivity index (χ4v) is 2.28. The number of hydrogen-bond acceptors (Lipinski definition) is 3. The monoisotopic (exact) mass is 294 g/mol. The molecule has 0 aliphatic rings. The molecule has 1 unspecified atom stereocenters. The Kier molecular flexibility index (Phi) is 4.95. The number of rotatable bonds is 5. The molecule has 3 nitrogen and oxygen atoms in total. The fourth-order valence-electron chi connectivity index (χ4n) is 2.05. The highest BCUT2D eigenvalue weighted by Crippen LogP contribution is 2.30. The van der Waals surface area contributed by atoms with Crippen molar-refractivity contribution >= 4 is 11.6 Å². The van der Waals surface area contributed by atoms with Gasteiger partial charge in [-0.15, -0.1) is 0 Å². The summed E-state index contributed by atoms with van der Waals surface area (Å²) in [5.74, 6) is 5.99. The van der Waals surface area contributed by atoms with E-state index in [0.29, 0.717) is 17.2 Å². The van der Waals surface area contributed by atoms with Gasteiger partial charge in [0.15, 0.2) is 0 Å². The molecular formula is C15H16ClFN2O. The lowest BCUT2D eigenvalue weighted by Gasteiger charge is -2.19. The first-order chi connectivity index (χ1) is 9.65. The van der Waals surface area contributed by atoms with Crippen LogP contribution in [0.1, 0.15) is 24.1 Å². The number of hydrazine groups is 1. The van der Waals surface area contributed by atoms with Gasteiger partial charge in [0.25, 0.3) is 0 Å². The Hall–Kier alpha value is -1.62. The smallest absolute Gasteiger partial charge is 0.123 e. The lowest BCUT2D eigenvalue weighted by molar-refractivity contribution is 0.339. The largest absolute Gasteiger partial charge is 0.494 e. The minimum absolute atomic E-state index is 0.356.